The van der Waals surface area contributed by atoms with Gasteiger partial charge in [-0.3, -0.25) is 19.3 Å². The minimum Gasteiger partial charge on any atom is -0.317 e. The normalized spacial score (nSPS) is 15.8. The summed E-state index contributed by atoms with van der Waals surface area (Å²) in [5.41, 5.74) is 0.985. The third kappa shape index (κ3) is 3.62. The van der Waals surface area contributed by atoms with E-state index < -0.39 is 11.7 Å². The lowest BCUT2D eigenvalue weighted by Crippen LogP contribution is -2.32. The molecule has 146 valence electrons. The van der Waals surface area contributed by atoms with Crippen LogP contribution in [0.3, 0.4) is 0 Å². The van der Waals surface area contributed by atoms with Crippen molar-refractivity contribution in [1.29, 1.82) is 0 Å². The van der Waals surface area contributed by atoms with Gasteiger partial charge in [0, 0.05) is 24.2 Å². The molecule has 0 spiro atoms. The predicted molar refractivity (Wildman–Crippen MR) is 97.0 cm³/mol. The first-order valence-electron chi connectivity index (χ1n) is 9.01. The average molecular weight is 389 g/mol. The molecule has 1 N–H and O–H groups in total. The van der Waals surface area contributed by atoms with Gasteiger partial charge in [-0.05, 0) is 50.0 Å². The highest BCUT2D eigenvalue weighted by Crippen LogP contribution is 2.28. The smallest absolute Gasteiger partial charge is 0.317 e. The van der Waals surface area contributed by atoms with Crippen molar-refractivity contribution in [3.05, 3.63) is 64.0 Å². The van der Waals surface area contributed by atoms with Gasteiger partial charge < -0.3 is 5.32 Å². The summed E-state index contributed by atoms with van der Waals surface area (Å²) in [5, 5.41) is 3.27. The second-order valence-electron chi connectivity index (χ2n) is 6.82. The Morgan fingerprint density at radius 2 is 1.86 bits per heavy atom. The molecule has 0 aromatic carbocycles. The number of aromatic nitrogens is 4. The van der Waals surface area contributed by atoms with Crippen molar-refractivity contribution in [3.63, 3.8) is 0 Å². The molecule has 0 aliphatic carbocycles. The van der Waals surface area contributed by atoms with E-state index in [1.807, 2.05) is 0 Å². The molecule has 0 bridgehead atoms. The Labute approximate surface area is 158 Å². The molecule has 3 aromatic rings. The molecule has 1 fully saturated rings. The lowest BCUT2D eigenvalue weighted by atomic mass is 9.91. The molecule has 0 unspecified atom stereocenters. The van der Waals surface area contributed by atoms with Crippen molar-refractivity contribution in [2.24, 2.45) is 0 Å². The molecule has 1 saturated heterocycles. The van der Waals surface area contributed by atoms with E-state index in [9.17, 15) is 18.0 Å². The lowest BCUT2D eigenvalue weighted by molar-refractivity contribution is -0.137. The monoisotopic (exact) mass is 389 g/mol. The van der Waals surface area contributed by atoms with Crippen LogP contribution in [0.5, 0.6) is 0 Å². The maximum Gasteiger partial charge on any atom is 0.417 e. The maximum atomic E-state index is 13.2. The van der Waals surface area contributed by atoms with E-state index in [1.165, 1.54) is 16.8 Å². The first kappa shape index (κ1) is 18.5. The Morgan fingerprint density at radius 1 is 1.11 bits per heavy atom. The van der Waals surface area contributed by atoms with Crippen molar-refractivity contribution >= 4 is 11.2 Å². The van der Waals surface area contributed by atoms with Crippen LogP contribution in [0.15, 0.2) is 41.6 Å². The zero-order chi connectivity index (χ0) is 19.7. The minimum atomic E-state index is -4.45. The highest BCUT2D eigenvalue weighted by Gasteiger charge is 2.30. The molecule has 3 aromatic heterocycles. The van der Waals surface area contributed by atoms with Gasteiger partial charge >= 0.3 is 6.18 Å². The van der Waals surface area contributed by atoms with Crippen LogP contribution in [0.1, 0.15) is 35.6 Å². The summed E-state index contributed by atoms with van der Waals surface area (Å²) in [6.07, 6.45) is 1.07. The molecule has 0 saturated carbocycles. The molecule has 4 rings (SSSR count). The fourth-order valence-electron chi connectivity index (χ4n) is 3.53. The van der Waals surface area contributed by atoms with Crippen LogP contribution in [0.4, 0.5) is 13.2 Å². The van der Waals surface area contributed by atoms with E-state index in [1.54, 1.807) is 12.3 Å². The van der Waals surface area contributed by atoms with Crippen molar-refractivity contribution in [2.45, 2.75) is 31.5 Å². The predicted octanol–water partition coefficient (Wildman–Crippen LogP) is 2.72. The molecule has 9 heteroatoms. The molecular formula is C19H18F3N5O. The lowest BCUT2D eigenvalue weighted by Gasteiger charge is -2.23. The van der Waals surface area contributed by atoms with Crippen LogP contribution in [0.2, 0.25) is 0 Å². The van der Waals surface area contributed by atoms with Gasteiger partial charge in [-0.2, -0.15) is 13.2 Å². The van der Waals surface area contributed by atoms with Gasteiger partial charge in [0.25, 0.3) is 5.56 Å². The number of hydrogen-bond acceptors (Lipinski definition) is 5. The van der Waals surface area contributed by atoms with Crippen molar-refractivity contribution in [2.75, 3.05) is 13.1 Å². The Balaban J connectivity index is 1.77. The van der Waals surface area contributed by atoms with E-state index >= 15 is 0 Å². The van der Waals surface area contributed by atoms with Crippen LogP contribution >= 0.6 is 0 Å². The summed E-state index contributed by atoms with van der Waals surface area (Å²) < 4.78 is 39.7. The molecule has 4 heterocycles. The molecule has 0 radical (unpaired) electrons. The summed E-state index contributed by atoms with van der Waals surface area (Å²) in [6.45, 7) is 1.71. The molecule has 1 aliphatic heterocycles. The standard InChI is InChI=1S/C19H18F3N5O/c20-19(21,22)13-1-2-14(26-10-13)11-27-17-16(24-7-8-25-17)9-15(18(27)28)12-3-5-23-6-4-12/h1-2,7-10,12,23H,3-6,11H2. The van der Waals surface area contributed by atoms with Crippen LogP contribution in [-0.2, 0) is 12.7 Å². The molecule has 0 amide bonds. The number of pyridine rings is 2. The van der Waals surface area contributed by atoms with Gasteiger partial charge in [0.05, 0.1) is 17.8 Å². The Hall–Kier alpha value is -2.81. The largest absolute Gasteiger partial charge is 0.417 e. The second kappa shape index (κ2) is 7.31. The van der Waals surface area contributed by atoms with Crippen LogP contribution in [0.25, 0.3) is 11.2 Å². The summed E-state index contributed by atoms with van der Waals surface area (Å²) in [7, 11) is 0. The quantitative estimate of drug-likeness (QED) is 0.746. The van der Waals surface area contributed by atoms with Gasteiger partial charge in [-0.1, -0.05) is 0 Å². The number of nitrogens with zero attached hydrogens (tertiary/aromatic N) is 4. The first-order valence-corrected chi connectivity index (χ1v) is 9.01. The Kier molecular flexibility index (Phi) is 4.84. The third-order valence-electron chi connectivity index (χ3n) is 5.00. The molecule has 0 atom stereocenters. The zero-order valence-electron chi connectivity index (χ0n) is 14.9. The molecule has 28 heavy (non-hydrogen) atoms. The third-order valence-corrected chi connectivity index (χ3v) is 5.00. The van der Waals surface area contributed by atoms with Gasteiger partial charge in [0.15, 0.2) is 5.65 Å². The van der Waals surface area contributed by atoms with Gasteiger partial charge in [-0.15, -0.1) is 0 Å². The highest BCUT2D eigenvalue weighted by atomic mass is 19.4. The summed E-state index contributed by atoms with van der Waals surface area (Å²) >= 11 is 0. The van der Waals surface area contributed by atoms with E-state index in [-0.39, 0.29) is 18.0 Å². The molecule has 6 nitrogen and oxygen atoms in total. The fraction of sp³-hybridized carbons (Fsp3) is 0.368. The number of fused-ring (bicyclic) bond motifs is 1. The van der Waals surface area contributed by atoms with Crippen molar-refractivity contribution in [3.8, 4) is 0 Å². The van der Waals surface area contributed by atoms with Crippen molar-refractivity contribution in [1.82, 2.24) is 24.8 Å². The molecule has 1 aliphatic rings. The van der Waals surface area contributed by atoms with Crippen LogP contribution < -0.4 is 10.9 Å². The Morgan fingerprint density at radius 3 is 2.54 bits per heavy atom. The Bertz CT molecular complexity index is 1040. The fourth-order valence-corrected chi connectivity index (χ4v) is 3.53. The van der Waals surface area contributed by atoms with Gasteiger partial charge in [0.1, 0.15) is 5.52 Å². The van der Waals surface area contributed by atoms with Crippen LogP contribution in [0, 0.1) is 0 Å². The first-order chi connectivity index (χ1) is 13.4. The number of piperidine rings is 1. The summed E-state index contributed by atoms with van der Waals surface area (Å²) in [4.78, 5) is 25.7. The second-order valence-corrected chi connectivity index (χ2v) is 6.82. The topological polar surface area (TPSA) is 72.7 Å². The number of nitrogens with one attached hydrogen (secondary N) is 1. The number of hydrogen-bond donors (Lipinski definition) is 1. The van der Waals surface area contributed by atoms with Crippen molar-refractivity contribution < 1.29 is 13.2 Å². The number of halogens is 3. The van der Waals surface area contributed by atoms with E-state index in [2.05, 4.69) is 20.3 Å². The summed E-state index contributed by atoms with van der Waals surface area (Å²) in [6, 6.07) is 4.05. The van der Waals surface area contributed by atoms with Gasteiger partial charge in [-0.25, -0.2) is 4.98 Å². The molecular weight excluding hydrogens is 371 g/mol. The van der Waals surface area contributed by atoms with Crippen LogP contribution in [-0.4, -0.2) is 32.6 Å². The number of rotatable bonds is 3. The van der Waals surface area contributed by atoms with E-state index in [0.29, 0.717) is 22.4 Å². The zero-order valence-corrected chi connectivity index (χ0v) is 14.9. The van der Waals surface area contributed by atoms with E-state index in [0.717, 1.165) is 38.2 Å². The van der Waals surface area contributed by atoms with Gasteiger partial charge in [0.2, 0.25) is 0 Å². The maximum absolute atomic E-state index is 13.2. The SMILES string of the molecule is O=c1c(C2CCNCC2)cc2nccnc2n1Cc1ccc(C(F)(F)F)cn1. The highest BCUT2D eigenvalue weighted by molar-refractivity contribution is 5.70. The average Bonchev–Trinajstić information content (AvgIpc) is 2.70. The minimum absolute atomic E-state index is 0.0327. The summed E-state index contributed by atoms with van der Waals surface area (Å²) in [5.74, 6) is 0.118. The number of alkyl halides is 3. The van der Waals surface area contributed by atoms with E-state index in [4.69, 9.17) is 0 Å².